The Hall–Kier alpha value is -4.24. The number of benzene rings is 3. The summed E-state index contributed by atoms with van der Waals surface area (Å²) < 4.78 is 16.1. The number of urea groups is 1. The van der Waals surface area contributed by atoms with Gasteiger partial charge in [-0.1, -0.05) is 90.2 Å². The van der Waals surface area contributed by atoms with E-state index < -0.39 is 17.1 Å². The Morgan fingerprint density at radius 3 is 2.14 bits per heavy atom. The Balaban J connectivity index is 1.72. The number of thiazole rings is 1. The second kappa shape index (κ2) is 7.89. The van der Waals surface area contributed by atoms with E-state index in [1.165, 1.54) is 16.8 Å². The largest absolute Gasteiger partial charge is 0.324 e. The van der Waals surface area contributed by atoms with E-state index in [9.17, 15) is 14.0 Å². The third-order valence-corrected chi connectivity index (χ3v) is 7.93. The molecule has 1 N–H and O–H groups in total. The van der Waals surface area contributed by atoms with Crippen molar-refractivity contribution in [2.24, 2.45) is 4.99 Å². The van der Waals surface area contributed by atoms with Crippen molar-refractivity contribution in [2.45, 2.75) is 11.3 Å². The topological polar surface area (TPSA) is 69.9 Å². The highest BCUT2D eigenvalue weighted by atomic mass is 32.1. The van der Waals surface area contributed by atoms with Gasteiger partial charge in [0, 0.05) is 30.8 Å². The van der Waals surface area contributed by atoms with Gasteiger partial charge in [-0.25, -0.2) is 14.2 Å². The van der Waals surface area contributed by atoms with Gasteiger partial charge in [0.25, 0.3) is 5.56 Å². The molecular weight excluding hydrogens is 477 g/mol. The van der Waals surface area contributed by atoms with Gasteiger partial charge in [0.2, 0.25) is 16.1 Å². The zero-order chi connectivity index (χ0) is 25.1. The average molecular weight is 500 g/mol. The van der Waals surface area contributed by atoms with Gasteiger partial charge in [0.05, 0.1) is 4.53 Å². The van der Waals surface area contributed by atoms with E-state index in [1.54, 1.807) is 42.1 Å². The quantitative estimate of drug-likeness (QED) is 0.471. The summed E-state index contributed by atoms with van der Waals surface area (Å²) in [5.74, 6) is -0.415. The van der Waals surface area contributed by atoms with Gasteiger partial charge in [0.15, 0.2) is 0 Å². The number of amides is 2. The monoisotopic (exact) mass is 499 g/mol. The molecule has 2 amide bonds. The van der Waals surface area contributed by atoms with Crippen molar-refractivity contribution >= 4 is 23.4 Å². The number of halogens is 1. The van der Waals surface area contributed by atoms with Gasteiger partial charge < -0.3 is 0 Å². The molecule has 1 aromatic heterocycles. The fourth-order valence-corrected chi connectivity index (χ4v) is 6.21. The van der Waals surface area contributed by atoms with Crippen molar-refractivity contribution in [3.05, 3.63) is 127 Å². The highest BCUT2D eigenvalue weighted by Crippen LogP contribution is 2.53. The van der Waals surface area contributed by atoms with Gasteiger partial charge in [-0.05, 0) is 12.1 Å². The van der Waals surface area contributed by atoms with E-state index in [0.717, 1.165) is 22.5 Å². The van der Waals surface area contributed by atoms with Crippen LogP contribution in [-0.4, -0.2) is 34.6 Å². The Kier molecular flexibility index (Phi) is 4.87. The van der Waals surface area contributed by atoms with Crippen LogP contribution in [0.3, 0.4) is 0 Å². The highest BCUT2D eigenvalue weighted by Gasteiger charge is 2.69. The average Bonchev–Trinajstić information content (AvgIpc) is 3.30. The lowest BCUT2D eigenvalue weighted by atomic mass is 9.80. The van der Waals surface area contributed by atoms with Crippen LogP contribution in [0, 0.1) is 5.82 Å². The van der Waals surface area contributed by atoms with E-state index in [-0.39, 0.29) is 11.6 Å². The van der Waals surface area contributed by atoms with Crippen molar-refractivity contribution in [3.63, 3.8) is 0 Å². The molecule has 2 aliphatic heterocycles. The number of likely N-dealkylation sites (N-methyl/N-ethyl adjacent to an activating group) is 2. The first-order chi connectivity index (χ1) is 17.4. The smallest absolute Gasteiger partial charge is 0.295 e. The summed E-state index contributed by atoms with van der Waals surface area (Å²) in [5, 5.41) is 0. The number of nitrogens with zero attached hydrogens (tertiary/aromatic N) is 4. The number of hydrogen-bond donors (Lipinski definition) is 1. The van der Waals surface area contributed by atoms with Crippen molar-refractivity contribution < 1.29 is 9.18 Å². The molecule has 180 valence electrons. The lowest BCUT2D eigenvalue weighted by Gasteiger charge is -2.49. The molecule has 7 nitrogen and oxygen atoms in total. The molecule has 0 radical (unpaired) electrons. The Bertz CT molecular complexity index is 1670. The molecule has 1 fully saturated rings. The number of hydrogen-bond acceptors (Lipinski definition) is 5. The van der Waals surface area contributed by atoms with E-state index in [2.05, 4.69) is 5.43 Å². The van der Waals surface area contributed by atoms with Gasteiger partial charge in [0.1, 0.15) is 5.82 Å². The molecule has 1 saturated heterocycles. The minimum atomic E-state index is -1.24. The van der Waals surface area contributed by atoms with Crippen LogP contribution >= 0.6 is 11.3 Å². The summed E-state index contributed by atoms with van der Waals surface area (Å²) in [6.07, 6.45) is 1.53. The molecule has 2 aliphatic rings. The molecule has 9 heteroatoms. The van der Waals surface area contributed by atoms with Crippen LogP contribution in [0.15, 0.2) is 94.7 Å². The molecule has 2 atom stereocenters. The van der Waals surface area contributed by atoms with E-state index in [4.69, 9.17) is 4.99 Å². The Morgan fingerprint density at radius 2 is 1.47 bits per heavy atom. The number of aromatic nitrogens is 1. The first-order valence-corrected chi connectivity index (χ1v) is 12.2. The summed E-state index contributed by atoms with van der Waals surface area (Å²) in [4.78, 5) is 35.9. The molecule has 0 saturated carbocycles. The molecule has 0 spiro atoms. The fraction of sp³-hybridized carbons (Fsp3) is 0.148. The number of carbonyl (C=O) groups is 1. The minimum Gasteiger partial charge on any atom is -0.295 e. The molecule has 0 bridgehead atoms. The van der Waals surface area contributed by atoms with Gasteiger partial charge in [-0.15, -0.1) is 0 Å². The second-order valence-corrected chi connectivity index (χ2v) is 9.80. The molecule has 0 aliphatic carbocycles. The number of carbonyl (C=O) groups excluding carboxylic acids is 1. The molecular formula is C27H22FN5O2S. The number of fused-ring (bicyclic) bond motifs is 2. The van der Waals surface area contributed by atoms with Crippen LogP contribution in [0.2, 0.25) is 0 Å². The predicted molar refractivity (Wildman–Crippen MR) is 136 cm³/mol. The van der Waals surface area contributed by atoms with Crippen molar-refractivity contribution in [3.8, 4) is 0 Å². The molecule has 6 rings (SSSR count). The summed E-state index contributed by atoms with van der Waals surface area (Å²) in [5.41, 5.74) is 2.43. The predicted octanol–water partition coefficient (Wildman–Crippen LogP) is 2.76. The zero-order valence-corrected chi connectivity index (χ0v) is 20.4. The number of rotatable bonds is 3. The van der Waals surface area contributed by atoms with E-state index in [1.807, 2.05) is 60.7 Å². The van der Waals surface area contributed by atoms with Crippen LogP contribution in [0.5, 0.6) is 0 Å². The van der Waals surface area contributed by atoms with Gasteiger partial charge in [-0.3, -0.25) is 20.0 Å². The summed E-state index contributed by atoms with van der Waals surface area (Å²) >= 11 is 1.15. The summed E-state index contributed by atoms with van der Waals surface area (Å²) in [6, 6.07) is 25.1. The maximum atomic E-state index is 14.4. The van der Waals surface area contributed by atoms with Crippen LogP contribution in [0.4, 0.5) is 9.18 Å². The van der Waals surface area contributed by atoms with Crippen LogP contribution < -0.4 is 20.3 Å². The molecule has 3 heterocycles. The van der Waals surface area contributed by atoms with Crippen LogP contribution in [0.1, 0.15) is 16.7 Å². The van der Waals surface area contributed by atoms with Gasteiger partial charge in [-0.2, -0.15) is 4.68 Å². The molecule has 4 aromatic rings. The standard InChI is InChI=1S/C27H22FN5O2S/c1-31-25(35)32(2)27(20-14-7-4-8-15-20)26(31,19-12-5-3-6-13-19)29-24-33(30-27)23(34)22(36-24)17-18-11-9-10-16-21(18)28/h3-17,30H,1-2H3/b22-17-/t26-,27+/m0/s1. The normalized spacial score (nSPS) is 23.2. The first-order valence-electron chi connectivity index (χ1n) is 11.4. The molecule has 3 aromatic carbocycles. The highest BCUT2D eigenvalue weighted by molar-refractivity contribution is 7.07. The maximum Gasteiger partial charge on any atom is 0.324 e. The van der Waals surface area contributed by atoms with Crippen molar-refractivity contribution in [1.29, 1.82) is 0 Å². The molecule has 0 unspecified atom stereocenters. The Labute approximate surface area is 210 Å². The first kappa shape index (κ1) is 22.2. The summed E-state index contributed by atoms with van der Waals surface area (Å²) in [6.45, 7) is 0. The second-order valence-electron chi connectivity index (χ2n) is 8.79. The number of nitrogens with one attached hydrogen (secondary N) is 1. The van der Waals surface area contributed by atoms with Gasteiger partial charge >= 0.3 is 6.03 Å². The lowest BCUT2D eigenvalue weighted by molar-refractivity contribution is 0.0648. The Morgan fingerprint density at radius 1 is 0.861 bits per heavy atom. The SMILES string of the molecule is CN1C(=O)N(C)[C@]2(c3ccccc3)N=c3s/c(=C\c4ccccc4F)c(=O)n3N[C@]12c1ccccc1. The van der Waals surface area contributed by atoms with Crippen molar-refractivity contribution in [2.75, 3.05) is 19.5 Å². The molecule has 36 heavy (non-hydrogen) atoms. The van der Waals surface area contributed by atoms with Crippen LogP contribution in [-0.2, 0) is 11.3 Å². The third kappa shape index (κ3) is 2.80. The minimum absolute atomic E-state index is 0.250. The summed E-state index contributed by atoms with van der Waals surface area (Å²) in [7, 11) is 3.42. The van der Waals surface area contributed by atoms with E-state index in [0.29, 0.717) is 14.9 Å². The van der Waals surface area contributed by atoms with Crippen LogP contribution in [0.25, 0.3) is 6.08 Å². The third-order valence-electron chi connectivity index (χ3n) is 6.96. The zero-order valence-electron chi connectivity index (χ0n) is 19.6. The van der Waals surface area contributed by atoms with E-state index >= 15 is 0 Å². The fourth-order valence-electron chi connectivity index (χ4n) is 5.25. The van der Waals surface area contributed by atoms with Crippen molar-refractivity contribution in [1.82, 2.24) is 14.5 Å². The lowest BCUT2D eigenvalue weighted by Crippen LogP contribution is -2.67. The maximum absolute atomic E-state index is 14.4.